The number of hydrogen-bond acceptors (Lipinski definition) is 3. The molecule has 1 heterocycles. The molecule has 0 aliphatic rings. The molecule has 1 aromatic heterocycles. The zero-order chi connectivity index (χ0) is 13.2. The maximum Gasteiger partial charge on any atom is 0.0943 e. The quantitative estimate of drug-likeness (QED) is 0.808. The van der Waals surface area contributed by atoms with Gasteiger partial charge in [-0.1, -0.05) is 30.3 Å². The molecule has 18 heavy (non-hydrogen) atoms. The summed E-state index contributed by atoms with van der Waals surface area (Å²) in [5.74, 6) is 0. The molecule has 0 radical (unpaired) electrons. The van der Waals surface area contributed by atoms with Gasteiger partial charge in [-0.05, 0) is 36.6 Å². The highest BCUT2D eigenvalue weighted by Gasteiger charge is 2.23. The zero-order valence-electron chi connectivity index (χ0n) is 10.9. The second-order valence-electron chi connectivity index (χ2n) is 4.84. The third-order valence-electron chi connectivity index (χ3n) is 3.12. The summed E-state index contributed by atoms with van der Waals surface area (Å²) in [4.78, 5) is 4.27. The summed E-state index contributed by atoms with van der Waals surface area (Å²) < 4.78 is 0. The Morgan fingerprint density at radius 2 is 1.78 bits per heavy atom. The second kappa shape index (κ2) is 4.88. The highest BCUT2D eigenvalue weighted by Crippen LogP contribution is 2.21. The summed E-state index contributed by atoms with van der Waals surface area (Å²) in [5, 5.41) is 0. The maximum absolute atomic E-state index is 6.26. The van der Waals surface area contributed by atoms with E-state index in [1.807, 2.05) is 56.4 Å². The van der Waals surface area contributed by atoms with Crippen molar-refractivity contribution in [2.75, 3.05) is 0 Å². The molecule has 0 aliphatic carbocycles. The van der Waals surface area contributed by atoms with Crippen LogP contribution in [-0.4, -0.2) is 4.98 Å². The van der Waals surface area contributed by atoms with E-state index in [1.165, 1.54) is 0 Å². The molecule has 3 nitrogen and oxygen atoms in total. The lowest BCUT2D eigenvalue weighted by atomic mass is 9.91. The van der Waals surface area contributed by atoms with Gasteiger partial charge in [0.25, 0.3) is 0 Å². The van der Waals surface area contributed by atoms with Crippen LogP contribution in [0.4, 0.5) is 0 Å². The van der Waals surface area contributed by atoms with Gasteiger partial charge in [-0.15, -0.1) is 0 Å². The number of benzene rings is 1. The number of pyridine rings is 1. The first kappa shape index (κ1) is 12.7. The van der Waals surface area contributed by atoms with Crippen LogP contribution in [0.15, 0.2) is 42.6 Å². The van der Waals surface area contributed by atoms with Crippen molar-refractivity contribution in [3.8, 4) is 0 Å². The van der Waals surface area contributed by atoms with Gasteiger partial charge in [0.15, 0.2) is 0 Å². The normalized spacial score (nSPS) is 11.6. The third kappa shape index (κ3) is 2.75. The Hall–Kier alpha value is -1.71. The average molecular weight is 241 g/mol. The number of hydrogen-bond donors (Lipinski definition) is 2. The average Bonchev–Trinajstić information content (AvgIpc) is 2.32. The summed E-state index contributed by atoms with van der Waals surface area (Å²) in [7, 11) is 0. The molecule has 0 saturated carbocycles. The van der Waals surface area contributed by atoms with Crippen LogP contribution in [-0.2, 0) is 12.1 Å². The molecule has 0 amide bonds. The van der Waals surface area contributed by atoms with E-state index in [0.717, 1.165) is 22.4 Å². The van der Waals surface area contributed by atoms with Crippen molar-refractivity contribution in [1.29, 1.82) is 0 Å². The molecule has 3 heteroatoms. The molecule has 0 atom stereocenters. The van der Waals surface area contributed by atoms with E-state index < -0.39 is 5.66 Å². The Bertz CT molecular complexity index is 530. The van der Waals surface area contributed by atoms with E-state index in [2.05, 4.69) is 4.98 Å². The van der Waals surface area contributed by atoms with Gasteiger partial charge in [0, 0.05) is 18.3 Å². The minimum Gasteiger partial charge on any atom is -0.309 e. The van der Waals surface area contributed by atoms with Gasteiger partial charge in [0.05, 0.1) is 5.66 Å². The van der Waals surface area contributed by atoms with Crippen molar-refractivity contribution >= 4 is 0 Å². The minimum atomic E-state index is -0.859. The van der Waals surface area contributed by atoms with Crippen molar-refractivity contribution in [2.45, 2.75) is 25.9 Å². The van der Waals surface area contributed by atoms with Crippen LogP contribution in [0.1, 0.15) is 22.4 Å². The van der Waals surface area contributed by atoms with E-state index >= 15 is 0 Å². The summed E-state index contributed by atoms with van der Waals surface area (Å²) in [6.45, 7) is 3.99. The number of nitrogens with two attached hydrogens (primary N) is 2. The third-order valence-corrected chi connectivity index (χ3v) is 3.12. The molecular formula is C15H19N3. The molecule has 0 unspecified atom stereocenters. The molecule has 94 valence electrons. The SMILES string of the molecule is Cc1ccc(CC(N)(N)c2ccccc2C)cn1. The van der Waals surface area contributed by atoms with Gasteiger partial charge < -0.3 is 11.5 Å². The fourth-order valence-corrected chi connectivity index (χ4v) is 2.13. The van der Waals surface area contributed by atoms with Crippen LogP contribution in [0.5, 0.6) is 0 Å². The number of aryl methyl sites for hydroxylation is 2. The first-order chi connectivity index (χ1) is 8.49. The fourth-order valence-electron chi connectivity index (χ4n) is 2.13. The van der Waals surface area contributed by atoms with Gasteiger partial charge in [-0.2, -0.15) is 0 Å². The zero-order valence-corrected chi connectivity index (χ0v) is 10.9. The molecule has 0 saturated heterocycles. The van der Waals surface area contributed by atoms with Crippen molar-refractivity contribution in [3.63, 3.8) is 0 Å². The lowest BCUT2D eigenvalue weighted by molar-refractivity contribution is 0.458. The summed E-state index contributed by atoms with van der Waals surface area (Å²) in [6, 6.07) is 12.0. The second-order valence-corrected chi connectivity index (χ2v) is 4.84. The molecule has 0 bridgehead atoms. The summed E-state index contributed by atoms with van der Waals surface area (Å²) in [6.07, 6.45) is 2.41. The predicted molar refractivity (Wildman–Crippen MR) is 73.9 cm³/mol. The smallest absolute Gasteiger partial charge is 0.0943 e. The van der Waals surface area contributed by atoms with Crippen molar-refractivity contribution in [2.24, 2.45) is 11.5 Å². The Kier molecular flexibility index (Phi) is 3.45. The first-order valence-electron chi connectivity index (χ1n) is 6.04. The topological polar surface area (TPSA) is 64.9 Å². The van der Waals surface area contributed by atoms with Crippen LogP contribution < -0.4 is 11.5 Å². The van der Waals surface area contributed by atoms with Crippen LogP contribution in [0.3, 0.4) is 0 Å². The Labute approximate surface area is 108 Å². The van der Waals surface area contributed by atoms with E-state index in [9.17, 15) is 0 Å². The van der Waals surface area contributed by atoms with Crippen LogP contribution >= 0.6 is 0 Å². The van der Waals surface area contributed by atoms with Crippen LogP contribution in [0.25, 0.3) is 0 Å². The first-order valence-corrected chi connectivity index (χ1v) is 6.04. The van der Waals surface area contributed by atoms with Crippen LogP contribution in [0, 0.1) is 13.8 Å². The monoisotopic (exact) mass is 241 g/mol. The molecule has 1 aromatic carbocycles. The minimum absolute atomic E-state index is 0.575. The molecule has 0 spiro atoms. The van der Waals surface area contributed by atoms with Gasteiger partial charge in [0.1, 0.15) is 0 Å². The highest BCUT2D eigenvalue weighted by molar-refractivity contribution is 5.33. The van der Waals surface area contributed by atoms with Gasteiger partial charge in [-0.3, -0.25) is 4.98 Å². The number of aromatic nitrogens is 1. The van der Waals surface area contributed by atoms with Gasteiger partial charge >= 0.3 is 0 Å². The Morgan fingerprint density at radius 1 is 1.06 bits per heavy atom. The van der Waals surface area contributed by atoms with E-state index in [-0.39, 0.29) is 0 Å². The summed E-state index contributed by atoms with van der Waals surface area (Å²) >= 11 is 0. The van der Waals surface area contributed by atoms with E-state index in [0.29, 0.717) is 6.42 Å². The lowest BCUT2D eigenvalue weighted by Gasteiger charge is -2.27. The predicted octanol–water partition coefficient (Wildman–Crippen LogP) is 2.01. The largest absolute Gasteiger partial charge is 0.309 e. The van der Waals surface area contributed by atoms with Crippen LogP contribution in [0.2, 0.25) is 0 Å². The van der Waals surface area contributed by atoms with Crippen molar-refractivity contribution in [1.82, 2.24) is 4.98 Å². The summed E-state index contributed by atoms with van der Waals surface area (Å²) in [5.41, 5.74) is 15.8. The lowest BCUT2D eigenvalue weighted by Crippen LogP contribution is -2.48. The van der Waals surface area contributed by atoms with Crippen molar-refractivity contribution < 1.29 is 0 Å². The molecule has 2 aromatic rings. The van der Waals surface area contributed by atoms with Gasteiger partial charge in [-0.25, -0.2) is 0 Å². The number of rotatable bonds is 3. The van der Waals surface area contributed by atoms with Crippen molar-refractivity contribution in [3.05, 3.63) is 65.0 Å². The van der Waals surface area contributed by atoms with Gasteiger partial charge in [0.2, 0.25) is 0 Å². The molecule has 2 rings (SSSR count). The molecule has 4 N–H and O–H groups in total. The Balaban J connectivity index is 2.27. The molecule has 0 fully saturated rings. The Morgan fingerprint density at radius 3 is 2.39 bits per heavy atom. The van der Waals surface area contributed by atoms with E-state index in [4.69, 9.17) is 11.5 Å². The standard InChI is InChI=1S/C15H19N3/c1-11-5-3-4-6-14(11)15(16,17)9-13-8-7-12(2)18-10-13/h3-8,10H,9,16-17H2,1-2H3. The number of nitrogens with zero attached hydrogens (tertiary/aromatic N) is 1. The fraction of sp³-hybridized carbons (Fsp3) is 0.267. The highest BCUT2D eigenvalue weighted by atomic mass is 15.0. The molecular weight excluding hydrogens is 222 g/mol. The molecule has 0 aliphatic heterocycles. The maximum atomic E-state index is 6.26. The van der Waals surface area contributed by atoms with E-state index in [1.54, 1.807) is 0 Å².